The van der Waals surface area contributed by atoms with E-state index in [2.05, 4.69) is 26.1 Å². The van der Waals surface area contributed by atoms with Crippen molar-refractivity contribution in [1.82, 2.24) is 5.32 Å². The number of benzene rings is 1. The van der Waals surface area contributed by atoms with Gasteiger partial charge in [0.15, 0.2) is 0 Å². The molecule has 0 bridgehead atoms. The van der Waals surface area contributed by atoms with Gasteiger partial charge in [-0.2, -0.15) is 0 Å². The van der Waals surface area contributed by atoms with Gasteiger partial charge in [-0.15, -0.1) is 0 Å². The average molecular weight is 286 g/mol. The van der Waals surface area contributed by atoms with E-state index < -0.39 is 0 Å². The molecule has 1 nitrogen and oxygen atoms in total. The van der Waals surface area contributed by atoms with Crippen LogP contribution in [0.4, 0.5) is 4.39 Å². The van der Waals surface area contributed by atoms with Gasteiger partial charge in [0.05, 0.1) is 0 Å². The molecule has 1 atom stereocenters. The molecule has 0 aliphatic rings. The Balaban J connectivity index is 2.59. The predicted octanol–water partition coefficient (Wildman–Crippen LogP) is 4.83. The molecule has 1 unspecified atom stereocenters. The Labute approximate surface area is 121 Å². The molecule has 3 heteroatoms. The second-order valence-corrected chi connectivity index (χ2v) is 5.93. The minimum Gasteiger partial charge on any atom is -0.314 e. The molecule has 0 radical (unpaired) electrons. The fourth-order valence-electron chi connectivity index (χ4n) is 2.31. The van der Waals surface area contributed by atoms with Crippen LogP contribution in [0.25, 0.3) is 0 Å². The van der Waals surface area contributed by atoms with Crippen molar-refractivity contribution in [1.29, 1.82) is 0 Å². The third-order valence-corrected chi connectivity index (χ3v) is 3.60. The molecule has 0 spiro atoms. The summed E-state index contributed by atoms with van der Waals surface area (Å²) >= 11 is 6.06. The van der Waals surface area contributed by atoms with Gasteiger partial charge in [-0.05, 0) is 50.3 Å². The van der Waals surface area contributed by atoms with Crippen LogP contribution in [0.1, 0.15) is 45.6 Å². The lowest BCUT2D eigenvalue weighted by atomic mass is 9.97. The van der Waals surface area contributed by atoms with Gasteiger partial charge in [0, 0.05) is 16.6 Å². The van der Waals surface area contributed by atoms with Crippen LogP contribution in [0, 0.1) is 11.7 Å². The number of hydrogen-bond acceptors (Lipinski definition) is 1. The van der Waals surface area contributed by atoms with Crippen LogP contribution < -0.4 is 5.32 Å². The van der Waals surface area contributed by atoms with Crippen LogP contribution in [0.15, 0.2) is 18.2 Å². The highest BCUT2D eigenvalue weighted by atomic mass is 35.5. The van der Waals surface area contributed by atoms with Crippen molar-refractivity contribution in [3.63, 3.8) is 0 Å². The van der Waals surface area contributed by atoms with Crippen LogP contribution in [0.2, 0.25) is 5.02 Å². The highest BCUT2D eigenvalue weighted by Crippen LogP contribution is 2.22. The van der Waals surface area contributed by atoms with Crippen LogP contribution >= 0.6 is 11.6 Å². The zero-order valence-electron chi connectivity index (χ0n) is 12.2. The molecule has 0 aliphatic heterocycles. The van der Waals surface area contributed by atoms with Gasteiger partial charge in [-0.1, -0.05) is 38.4 Å². The summed E-state index contributed by atoms with van der Waals surface area (Å²) in [6, 6.07) is 5.34. The van der Waals surface area contributed by atoms with Crippen LogP contribution in [0.3, 0.4) is 0 Å². The van der Waals surface area contributed by atoms with Crippen molar-refractivity contribution in [2.45, 2.75) is 52.5 Å². The van der Waals surface area contributed by atoms with Gasteiger partial charge in [0.2, 0.25) is 0 Å². The second kappa shape index (κ2) is 8.55. The molecule has 0 saturated carbocycles. The molecular formula is C16H25ClFN. The molecule has 0 aliphatic carbocycles. The Kier molecular flexibility index (Phi) is 7.40. The minimum absolute atomic E-state index is 0.189. The van der Waals surface area contributed by atoms with Crippen molar-refractivity contribution < 1.29 is 4.39 Å². The number of halogens is 2. The largest absolute Gasteiger partial charge is 0.314 e. The van der Waals surface area contributed by atoms with Gasteiger partial charge in [0.1, 0.15) is 5.82 Å². The topological polar surface area (TPSA) is 12.0 Å². The summed E-state index contributed by atoms with van der Waals surface area (Å²) in [7, 11) is 0. The first kappa shape index (κ1) is 16.5. The molecule has 0 heterocycles. The van der Waals surface area contributed by atoms with E-state index >= 15 is 0 Å². The Morgan fingerprint density at radius 1 is 1.32 bits per heavy atom. The quantitative estimate of drug-likeness (QED) is 0.722. The first-order valence-electron chi connectivity index (χ1n) is 7.20. The smallest absolute Gasteiger partial charge is 0.127 e. The average Bonchev–Trinajstić information content (AvgIpc) is 2.34. The van der Waals surface area contributed by atoms with Gasteiger partial charge >= 0.3 is 0 Å². The van der Waals surface area contributed by atoms with E-state index in [0.717, 1.165) is 25.8 Å². The summed E-state index contributed by atoms with van der Waals surface area (Å²) in [4.78, 5) is 0. The van der Waals surface area contributed by atoms with Crippen molar-refractivity contribution in [3.05, 3.63) is 34.6 Å². The van der Waals surface area contributed by atoms with Crippen molar-refractivity contribution in [3.8, 4) is 0 Å². The maximum Gasteiger partial charge on any atom is 0.127 e. The highest BCUT2D eigenvalue weighted by molar-refractivity contribution is 6.31. The molecule has 108 valence electrons. The fraction of sp³-hybridized carbons (Fsp3) is 0.625. The summed E-state index contributed by atoms with van der Waals surface area (Å²) in [5, 5.41) is 4.08. The summed E-state index contributed by atoms with van der Waals surface area (Å²) < 4.78 is 13.7. The van der Waals surface area contributed by atoms with Crippen LogP contribution in [0.5, 0.6) is 0 Å². The predicted molar refractivity (Wildman–Crippen MR) is 81.3 cm³/mol. The maximum absolute atomic E-state index is 13.7. The Morgan fingerprint density at radius 2 is 2.05 bits per heavy atom. The molecule has 1 aromatic carbocycles. The fourth-order valence-corrected chi connectivity index (χ4v) is 2.57. The summed E-state index contributed by atoms with van der Waals surface area (Å²) in [5.74, 6) is 0.455. The summed E-state index contributed by atoms with van der Waals surface area (Å²) in [5.41, 5.74) is 0.649. The molecule has 0 amide bonds. The number of hydrogen-bond donors (Lipinski definition) is 1. The molecule has 19 heavy (non-hydrogen) atoms. The Bertz CT molecular complexity index is 359. The van der Waals surface area contributed by atoms with Gasteiger partial charge < -0.3 is 5.32 Å². The van der Waals surface area contributed by atoms with E-state index in [1.165, 1.54) is 6.07 Å². The van der Waals surface area contributed by atoms with Crippen LogP contribution in [-0.4, -0.2) is 12.6 Å². The summed E-state index contributed by atoms with van der Waals surface area (Å²) in [6.45, 7) is 7.61. The Morgan fingerprint density at radius 3 is 2.63 bits per heavy atom. The molecular weight excluding hydrogens is 261 g/mol. The SMILES string of the molecule is CCCNC(CCc1c(F)cccc1Cl)CC(C)C. The Hall–Kier alpha value is -0.600. The standard InChI is InChI=1S/C16H25ClFN/c1-4-10-19-13(11-12(2)3)8-9-14-15(17)6-5-7-16(14)18/h5-7,12-13,19H,4,8-11H2,1-3H3. The zero-order chi connectivity index (χ0) is 14.3. The van der Waals surface area contributed by atoms with E-state index in [1.807, 2.05) is 0 Å². The van der Waals surface area contributed by atoms with Gasteiger partial charge in [0.25, 0.3) is 0 Å². The molecule has 0 saturated heterocycles. The van der Waals surface area contributed by atoms with Crippen molar-refractivity contribution in [2.75, 3.05) is 6.54 Å². The van der Waals surface area contributed by atoms with E-state index in [-0.39, 0.29) is 5.82 Å². The monoisotopic (exact) mass is 285 g/mol. The third kappa shape index (κ3) is 5.92. The van der Waals surface area contributed by atoms with Gasteiger partial charge in [-0.25, -0.2) is 4.39 Å². The highest BCUT2D eigenvalue weighted by Gasteiger charge is 2.13. The zero-order valence-corrected chi connectivity index (χ0v) is 12.9. The first-order valence-corrected chi connectivity index (χ1v) is 7.58. The van der Waals surface area contributed by atoms with E-state index in [9.17, 15) is 4.39 Å². The second-order valence-electron chi connectivity index (χ2n) is 5.52. The van der Waals surface area contributed by atoms with E-state index in [4.69, 9.17) is 11.6 Å². The third-order valence-electron chi connectivity index (χ3n) is 3.24. The number of rotatable bonds is 8. The van der Waals surface area contributed by atoms with Crippen LogP contribution in [-0.2, 0) is 6.42 Å². The number of nitrogens with one attached hydrogen (secondary N) is 1. The van der Waals surface area contributed by atoms with E-state index in [0.29, 0.717) is 29.0 Å². The molecule has 0 fully saturated rings. The molecule has 1 rings (SSSR count). The van der Waals surface area contributed by atoms with Crippen molar-refractivity contribution >= 4 is 11.6 Å². The maximum atomic E-state index is 13.7. The lowest BCUT2D eigenvalue weighted by molar-refractivity contribution is 0.397. The first-order chi connectivity index (χ1) is 9.04. The molecule has 1 N–H and O–H groups in total. The van der Waals surface area contributed by atoms with Crippen molar-refractivity contribution in [2.24, 2.45) is 5.92 Å². The van der Waals surface area contributed by atoms with Gasteiger partial charge in [-0.3, -0.25) is 0 Å². The lowest BCUT2D eigenvalue weighted by Crippen LogP contribution is -2.31. The van der Waals surface area contributed by atoms with E-state index in [1.54, 1.807) is 12.1 Å². The molecule has 0 aromatic heterocycles. The molecule has 1 aromatic rings. The lowest BCUT2D eigenvalue weighted by Gasteiger charge is -2.21. The summed E-state index contributed by atoms with van der Waals surface area (Å²) in [6.07, 6.45) is 3.86. The minimum atomic E-state index is -0.189. The normalized spacial score (nSPS) is 12.9.